The summed E-state index contributed by atoms with van der Waals surface area (Å²) in [5, 5.41) is 0. The average Bonchev–Trinajstić information content (AvgIpc) is 2.23. The van der Waals surface area contributed by atoms with Gasteiger partial charge in [0.2, 0.25) is 0 Å². The monoisotopic (exact) mass is 206 g/mol. The molecule has 0 aromatic rings. The van der Waals surface area contributed by atoms with Crippen molar-refractivity contribution in [2.45, 2.75) is 77.5 Å². The lowest BCUT2D eigenvalue weighted by atomic mass is 9.72. The molecule has 0 spiro atoms. The third-order valence-corrected chi connectivity index (χ3v) is 3.97. The molecule has 0 aromatic carbocycles. The molecular formula is C14H27B. The van der Waals surface area contributed by atoms with Crippen molar-refractivity contribution in [2.24, 2.45) is 11.8 Å². The van der Waals surface area contributed by atoms with Crippen LogP contribution in [0, 0.1) is 11.8 Å². The fraction of sp³-hybridized carbons (Fsp3) is 1.00. The van der Waals surface area contributed by atoms with E-state index in [1.807, 2.05) is 0 Å². The highest BCUT2D eigenvalue weighted by atomic mass is 14.2. The van der Waals surface area contributed by atoms with Gasteiger partial charge in [-0.15, -0.1) is 0 Å². The summed E-state index contributed by atoms with van der Waals surface area (Å²) in [5.41, 5.74) is 0. The zero-order chi connectivity index (χ0) is 11.1. The lowest BCUT2D eigenvalue weighted by Crippen LogP contribution is -2.11. The van der Waals surface area contributed by atoms with Crippen molar-refractivity contribution < 1.29 is 0 Å². The van der Waals surface area contributed by atoms with Crippen LogP contribution in [0.4, 0.5) is 0 Å². The normalized spacial score (nSPS) is 32.9. The Kier molecular flexibility index (Phi) is 6.44. The quantitative estimate of drug-likeness (QED) is 0.543. The highest BCUT2D eigenvalue weighted by Gasteiger charge is 2.16. The van der Waals surface area contributed by atoms with Crippen molar-refractivity contribution in [1.82, 2.24) is 0 Å². The van der Waals surface area contributed by atoms with E-state index in [2.05, 4.69) is 13.8 Å². The molecule has 1 rings (SSSR count). The van der Waals surface area contributed by atoms with Crippen LogP contribution < -0.4 is 0 Å². The summed E-state index contributed by atoms with van der Waals surface area (Å²) in [5.74, 6) is 2.06. The Hall–Kier alpha value is 0.0649. The van der Waals surface area contributed by atoms with E-state index in [0.717, 1.165) is 11.8 Å². The zero-order valence-corrected chi connectivity index (χ0v) is 10.7. The maximum atomic E-state index is 6.08. The molecule has 1 aliphatic carbocycles. The summed E-state index contributed by atoms with van der Waals surface area (Å²) in [6, 6.07) is 0. The average molecular weight is 206 g/mol. The Balaban J connectivity index is 2.40. The Bertz CT molecular complexity index is 153. The van der Waals surface area contributed by atoms with Gasteiger partial charge in [-0.25, -0.2) is 0 Å². The van der Waals surface area contributed by atoms with Crippen molar-refractivity contribution >= 4 is 7.85 Å². The maximum absolute atomic E-state index is 6.08. The number of hydrogen-bond acceptors (Lipinski definition) is 0. The second-order valence-electron chi connectivity index (χ2n) is 5.66. The molecule has 3 atom stereocenters. The minimum Gasteiger partial charge on any atom is -0.0774 e. The summed E-state index contributed by atoms with van der Waals surface area (Å²) in [4.78, 5) is 0. The van der Waals surface area contributed by atoms with Crippen molar-refractivity contribution in [1.29, 1.82) is 0 Å². The van der Waals surface area contributed by atoms with Crippen molar-refractivity contribution in [3.05, 3.63) is 0 Å². The number of rotatable bonds is 1. The first-order valence-electron chi connectivity index (χ1n) is 6.95. The Morgan fingerprint density at radius 1 is 0.933 bits per heavy atom. The van der Waals surface area contributed by atoms with E-state index >= 15 is 0 Å². The van der Waals surface area contributed by atoms with E-state index in [0.29, 0.717) is 5.82 Å². The molecule has 1 fully saturated rings. The van der Waals surface area contributed by atoms with Crippen molar-refractivity contribution in [3.63, 3.8) is 0 Å². The molecule has 0 aromatic heterocycles. The van der Waals surface area contributed by atoms with Crippen LogP contribution in [0.2, 0.25) is 5.82 Å². The first-order valence-corrected chi connectivity index (χ1v) is 6.95. The molecule has 0 heterocycles. The first-order chi connectivity index (χ1) is 7.20. The van der Waals surface area contributed by atoms with Gasteiger partial charge in [0.05, 0.1) is 7.85 Å². The van der Waals surface area contributed by atoms with Crippen molar-refractivity contribution in [3.8, 4) is 0 Å². The van der Waals surface area contributed by atoms with Crippen LogP contribution in [-0.4, -0.2) is 7.85 Å². The van der Waals surface area contributed by atoms with Gasteiger partial charge in [-0.05, 0) is 18.3 Å². The minimum atomic E-state index is 0.396. The summed E-state index contributed by atoms with van der Waals surface area (Å²) in [6.07, 6.45) is 12.8. The molecule has 1 saturated carbocycles. The molecule has 0 amide bonds. The van der Waals surface area contributed by atoms with Gasteiger partial charge < -0.3 is 0 Å². The van der Waals surface area contributed by atoms with Crippen molar-refractivity contribution in [2.75, 3.05) is 0 Å². The van der Waals surface area contributed by atoms with Gasteiger partial charge in [-0.2, -0.15) is 0 Å². The third-order valence-electron chi connectivity index (χ3n) is 3.97. The Labute approximate surface area is 97.6 Å². The van der Waals surface area contributed by atoms with Gasteiger partial charge >= 0.3 is 0 Å². The molecule has 15 heavy (non-hydrogen) atoms. The third kappa shape index (κ3) is 5.63. The predicted molar refractivity (Wildman–Crippen MR) is 69.4 cm³/mol. The number of hydrogen-bond donors (Lipinski definition) is 0. The molecule has 1 heteroatoms. The second-order valence-corrected chi connectivity index (χ2v) is 5.66. The summed E-state index contributed by atoms with van der Waals surface area (Å²) in [6.45, 7) is 4.60. The smallest absolute Gasteiger partial charge is 0.0699 e. The Morgan fingerprint density at radius 2 is 1.47 bits per heavy atom. The van der Waals surface area contributed by atoms with Gasteiger partial charge in [0.15, 0.2) is 0 Å². The topological polar surface area (TPSA) is 0 Å². The highest BCUT2D eigenvalue weighted by Crippen LogP contribution is 2.31. The van der Waals surface area contributed by atoms with Gasteiger partial charge in [-0.1, -0.05) is 71.0 Å². The van der Waals surface area contributed by atoms with Crippen LogP contribution in [0.25, 0.3) is 0 Å². The summed E-state index contributed by atoms with van der Waals surface area (Å²) < 4.78 is 0. The standard InChI is InChI=1S/C14H27B/c1-12-9-7-5-3-4-6-8-10-14(11-12)13(2)15/h12-14H,3-11H2,1-2H3. The molecule has 3 unspecified atom stereocenters. The van der Waals surface area contributed by atoms with E-state index in [4.69, 9.17) is 7.85 Å². The van der Waals surface area contributed by atoms with E-state index in [9.17, 15) is 0 Å². The first kappa shape index (κ1) is 13.1. The van der Waals surface area contributed by atoms with Gasteiger partial charge in [0.25, 0.3) is 0 Å². The lowest BCUT2D eigenvalue weighted by molar-refractivity contribution is 0.338. The van der Waals surface area contributed by atoms with Crippen LogP contribution in [0.1, 0.15) is 71.6 Å². The molecule has 0 N–H and O–H groups in total. The predicted octanol–water partition coefficient (Wildman–Crippen LogP) is 4.74. The molecule has 86 valence electrons. The molecule has 0 aliphatic heterocycles. The molecule has 1 aliphatic rings. The largest absolute Gasteiger partial charge is 0.0774 e. The van der Waals surface area contributed by atoms with E-state index in [1.54, 1.807) is 0 Å². The highest BCUT2D eigenvalue weighted by molar-refractivity contribution is 6.11. The van der Waals surface area contributed by atoms with Gasteiger partial charge in [-0.3, -0.25) is 0 Å². The van der Waals surface area contributed by atoms with Gasteiger partial charge in [0.1, 0.15) is 0 Å². The summed E-state index contributed by atoms with van der Waals surface area (Å²) >= 11 is 0. The Morgan fingerprint density at radius 3 is 2.07 bits per heavy atom. The molecule has 0 bridgehead atoms. The van der Waals surface area contributed by atoms with Crippen LogP contribution in [0.5, 0.6) is 0 Å². The van der Waals surface area contributed by atoms with Crippen LogP contribution in [0.15, 0.2) is 0 Å². The molecule has 0 saturated heterocycles. The van der Waals surface area contributed by atoms with Crippen LogP contribution in [-0.2, 0) is 0 Å². The SMILES string of the molecule is [B]C(C)C1CCCCCCCCC(C)C1. The van der Waals surface area contributed by atoms with E-state index < -0.39 is 0 Å². The lowest BCUT2D eigenvalue weighted by Gasteiger charge is -2.24. The molecule has 0 nitrogen and oxygen atoms in total. The van der Waals surface area contributed by atoms with Crippen LogP contribution >= 0.6 is 0 Å². The second kappa shape index (κ2) is 7.36. The minimum absolute atomic E-state index is 0.396. The van der Waals surface area contributed by atoms with E-state index in [-0.39, 0.29) is 0 Å². The van der Waals surface area contributed by atoms with E-state index in [1.165, 1.54) is 57.8 Å². The molecular weight excluding hydrogens is 179 g/mol. The molecule has 2 radical (unpaired) electrons. The summed E-state index contributed by atoms with van der Waals surface area (Å²) in [7, 11) is 6.08. The maximum Gasteiger partial charge on any atom is 0.0699 e. The fourth-order valence-electron chi connectivity index (χ4n) is 2.84. The zero-order valence-electron chi connectivity index (χ0n) is 10.7. The van der Waals surface area contributed by atoms with Gasteiger partial charge in [0, 0.05) is 0 Å². The van der Waals surface area contributed by atoms with Crippen LogP contribution in [0.3, 0.4) is 0 Å². The fourth-order valence-corrected chi connectivity index (χ4v) is 2.84.